The predicted molar refractivity (Wildman–Crippen MR) is 103 cm³/mol. The smallest absolute Gasteiger partial charge is 0.306 e. The molecule has 26 heavy (non-hydrogen) atoms. The number of amides is 1. The van der Waals surface area contributed by atoms with Gasteiger partial charge in [0, 0.05) is 12.1 Å². The van der Waals surface area contributed by atoms with Crippen molar-refractivity contribution in [3.63, 3.8) is 0 Å². The Morgan fingerprint density at radius 1 is 1.08 bits per heavy atom. The Labute approximate surface area is 157 Å². The molecule has 0 spiro atoms. The van der Waals surface area contributed by atoms with E-state index in [1.54, 1.807) is 12.1 Å². The van der Waals surface area contributed by atoms with Crippen LogP contribution in [0.4, 0.5) is 5.69 Å². The number of hydrogen-bond donors (Lipinski definition) is 1. The third-order valence-corrected chi connectivity index (χ3v) is 4.68. The van der Waals surface area contributed by atoms with E-state index >= 15 is 0 Å². The van der Waals surface area contributed by atoms with Gasteiger partial charge in [-0.1, -0.05) is 31.5 Å². The van der Waals surface area contributed by atoms with Crippen LogP contribution in [-0.2, 0) is 20.7 Å². The molecule has 0 radical (unpaired) electrons. The number of aryl methyl sites for hydroxylation is 1. The van der Waals surface area contributed by atoms with Crippen molar-refractivity contribution in [1.29, 1.82) is 0 Å². The van der Waals surface area contributed by atoms with Gasteiger partial charge in [0.25, 0.3) is 5.91 Å². The van der Waals surface area contributed by atoms with Crippen LogP contribution in [0, 0.1) is 0 Å². The van der Waals surface area contributed by atoms with Gasteiger partial charge in [0.1, 0.15) is 0 Å². The van der Waals surface area contributed by atoms with Gasteiger partial charge < -0.3 is 10.1 Å². The van der Waals surface area contributed by atoms with Gasteiger partial charge in [-0.2, -0.15) is 0 Å². The second-order valence-corrected chi connectivity index (χ2v) is 6.86. The summed E-state index contributed by atoms with van der Waals surface area (Å²) in [5.74, 6) is -1.05. The molecule has 1 aromatic heterocycles. The number of carbonyl (C=O) groups is 3. The van der Waals surface area contributed by atoms with Crippen LogP contribution in [-0.4, -0.2) is 24.3 Å². The first-order valence-electron chi connectivity index (χ1n) is 8.69. The summed E-state index contributed by atoms with van der Waals surface area (Å²) in [6.07, 6.45) is 3.35. The van der Waals surface area contributed by atoms with E-state index in [0.29, 0.717) is 10.6 Å². The van der Waals surface area contributed by atoms with E-state index < -0.39 is 11.9 Å². The highest BCUT2D eigenvalue weighted by molar-refractivity contribution is 7.12. The molecule has 0 saturated carbocycles. The Hall–Kier alpha value is -2.47. The quantitative estimate of drug-likeness (QED) is 0.499. The largest absolute Gasteiger partial charge is 0.456 e. The molecule has 0 unspecified atom stereocenters. The molecule has 5 nitrogen and oxygen atoms in total. The zero-order valence-electron chi connectivity index (χ0n) is 14.8. The SMILES string of the molecule is CCCCc1ccc(NC(=O)COC(=O)CCC(=O)c2cccs2)cc1. The lowest BCUT2D eigenvalue weighted by atomic mass is 10.1. The highest BCUT2D eigenvalue weighted by Gasteiger charge is 2.12. The number of rotatable bonds is 10. The Balaban J connectivity index is 1.67. The molecule has 0 fully saturated rings. The van der Waals surface area contributed by atoms with E-state index in [1.807, 2.05) is 29.6 Å². The minimum absolute atomic E-state index is 0.0316. The van der Waals surface area contributed by atoms with Crippen LogP contribution >= 0.6 is 11.3 Å². The fourth-order valence-corrected chi connectivity index (χ4v) is 3.02. The van der Waals surface area contributed by atoms with E-state index in [2.05, 4.69) is 12.2 Å². The van der Waals surface area contributed by atoms with Crippen LogP contribution in [0.2, 0.25) is 0 Å². The van der Waals surface area contributed by atoms with Gasteiger partial charge in [-0.05, 0) is 42.0 Å². The second kappa shape index (κ2) is 10.5. The maximum Gasteiger partial charge on any atom is 0.306 e. The van der Waals surface area contributed by atoms with Crippen molar-refractivity contribution in [3.05, 3.63) is 52.2 Å². The fraction of sp³-hybridized carbons (Fsp3) is 0.350. The number of anilines is 1. The van der Waals surface area contributed by atoms with Gasteiger partial charge in [0.2, 0.25) is 0 Å². The number of unbranched alkanes of at least 4 members (excludes halogenated alkanes) is 1. The zero-order chi connectivity index (χ0) is 18.8. The molecule has 1 heterocycles. The number of thiophene rings is 1. The average Bonchev–Trinajstić information content (AvgIpc) is 3.18. The summed E-state index contributed by atoms with van der Waals surface area (Å²) in [4.78, 5) is 35.9. The number of carbonyl (C=O) groups excluding carboxylic acids is 3. The van der Waals surface area contributed by atoms with Crippen LogP contribution in [0.1, 0.15) is 47.8 Å². The number of Topliss-reactive ketones (excluding diaryl/α,β-unsaturated/α-hetero) is 1. The first kappa shape index (κ1) is 19.8. The van der Waals surface area contributed by atoms with Crippen molar-refractivity contribution in [2.24, 2.45) is 0 Å². The van der Waals surface area contributed by atoms with E-state index in [4.69, 9.17) is 4.74 Å². The van der Waals surface area contributed by atoms with Crippen LogP contribution < -0.4 is 5.32 Å². The van der Waals surface area contributed by atoms with E-state index in [0.717, 1.165) is 19.3 Å². The molecular formula is C20H23NO4S. The summed E-state index contributed by atoms with van der Waals surface area (Å²) in [7, 11) is 0. The van der Waals surface area contributed by atoms with Gasteiger partial charge in [-0.25, -0.2) is 0 Å². The third-order valence-electron chi connectivity index (χ3n) is 3.77. The van der Waals surface area contributed by atoms with E-state index in [1.165, 1.54) is 16.9 Å². The number of benzene rings is 1. The molecule has 0 bridgehead atoms. The zero-order valence-corrected chi connectivity index (χ0v) is 15.6. The second-order valence-electron chi connectivity index (χ2n) is 5.91. The van der Waals surface area contributed by atoms with Crippen molar-refractivity contribution in [2.45, 2.75) is 39.0 Å². The number of esters is 1. The first-order valence-corrected chi connectivity index (χ1v) is 9.57. The maximum absolute atomic E-state index is 11.8. The van der Waals surface area contributed by atoms with Crippen LogP contribution in [0.25, 0.3) is 0 Å². The summed E-state index contributed by atoms with van der Waals surface area (Å²) in [6.45, 7) is 1.79. The number of nitrogens with one attached hydrogen (secondary N) is 1. The third kappa shape index (κ3) is 6.80. The number of hydrogen-bond acceptors (Lipinski definition) is 5. The van der Waals surface area contributed by atoms with Gasteiger partial charge >= 0.3 is 5.97 Å². The molecule has 1 N–H and O–H groups in total. The van der Waals surface area contributed by atoms with Crippen molar-refractivity contribution in [2.75, 3.05) is 11.9 Å². The van der Waals surface area contributed by atoms with Gasteiger partial charge in [-0.3, -0.25) is 14.4 Å². The molecule has 0 atom stereocenters. The molecule has 0 aliphatic rings. The molecule has 0 aliphatic carbocycles. The molecule has 0 aliphatic heterocycles. The molecule has 1 aromatic carbocycles. The molecule has 6 heteroatoms. The van der Waals surface area contributed by atoms with Gasteiger partial charge in [0.05, 0.1) is 11.3 Å². The maximum atomic E-state index is 11.8. The lowest BCUT2D eigenvalue weighted by Crippen LogP contribution is -2.21. The molecule has 1 amide bonds. The standard InChI is InChI=1S/C20H23NO4S/c1-2-3-5-15-7-9-16(10-8-15)21-19(23)14-25-20(24)12-11-17(22)18-6-4-13-26-18/h4,6-10,13H,2-3,5,11-12,14H2,1H3,(H,21,23). The number of ketones is 1. The highest BCUT2D eigenvalue weighted by Crippen LogP contribution is 2.13. The lowest BCUT2D eigenvalue weighted by Gasteiger charge is -2.07. The summed E-state index contributed by atoms with van der Waals surface area (Å²) in [5, 5.41) is 4.50. The molecule has 2 rings (SSSR count). The normalized spacial score (nSPS) is 10.3. The monoisotopic (exact) mass is 373 g/mol. The topological polar surface area (TPSA) is 72.5 Å². The van der Waals surface area contributed by atoms with Crippen molar-refractivity contribution in [3.8, 4) is 0 Å². The summed E-state index contributed by atoms with van der Waals surface area (Å²) in [5.41, 5.74) is 1.89. The highest BCUT2D eigenvalue weighted by atomic mass is 32.1. The summed E-state index contributed by atoms with van der Waals surface area (Å²) < 4.78 is 4.92. The first-order chi connectivity index (χ1) is 12.6. The van der Waals surface area contributed by atoms with Crippen LogP contribution in [0.5, 0.6) is 0 Å². The van der Waals surface area contributed by atoms with Crippen molar-refractivity contribution < 1.29 is 19.1 Å². The Bertz CT molecular complexity index is 723. The van der Waals surface area contributed by atoms with Crippen LogP contribution in [0.3, 0.4) is 0 Å². The van der Waals surface area contributed by atoms with E-state index in [-0.39, 0.29) is 25.2 Å². The molecule has 138 valence electrons. The summed E-state index contributed by atoms with van der Waals surface area (Å²) in [6, 6.07) is 11.1. The van der Waals surface area contributed by atoms with Crippen molar-refractivity contribution >= 4 is 34.7 Å². The van der Waals surface area contributed by atoms with Crippen molar-refractivity contribution in [1.82, 2.24) is 0 Å². The predicted octanol–water partition coefficient (Wildman–Crippen LogP) is 4.24. The summed E-state index contributed by atoms with van der Waals surface area (Å²) >= 11 is 1.34. The van der Waals surface area contributed by atoms with Gasteiger partial charge in [0.15, 0.2) is 12.4 Å². The average molecular weight is 373 g/mol. The number of ether oxygens (including phenoxy) is 1. The lowest BCUT2D eigenvalue weighted by molar-refractivity contribution is -0.147. The Kier molecular flexibility index (Phi) is 8.02. The molecule has 0 saturated heterocycles. The van der Waals surface area contributed by atoms with Crippen LogP contribution in [0.15, 0.2) is 41.8 Å². The minimum Gasteiger partial charge on any atom is -0.456 e. The molecular weight excluding hydrogens is 350 g/mol. The van der Waals surface area contributed by atoms with Gasteiger partial charge in [-0.15, -0.1) is 11.3 Å². The molecule has 2 aromatic rings. The fourth-order valence-electron chi connectivity index (χ4n) is 2.33. The van der Waals surface area contributed by atoms with E-state index in [9.17, 15) is 14.4 Å². The Morgan fingerprint density at radius 2 is 1.85 bits per heavy atom. The minimum atomic E-state index is -0.556. The Morgan fingerprint density at radius 3 is 2.50 bits per heavy atom.